The number of hydrogen-bond donors (Lipinski definition) is 1. The summed E-state index contributed by atoms with van der Waals surface area (Å²) < 4.78 is 10.1. The normalized spacial score (nSPS) is 17.4. The Morgan fingerprint density at radius 3 is 2.69 bits per heavy atom. The van der Waals surface area contributed by atoms with Crippen molar-refractivity contribution in [1.29, 1.82) is 0 Å². The average molecular weight is 182 g/mol. The standard InChI is InChI=1S/C9H14N2O2/c1-6-9(7(2)13-11-6)3-10-8-4-12-5-8/h8,10H,3-5H2,1-2H3. The zero-order valence-corrected chi connectivity index (χ0v) is 7.96. The Morgan fingerprint density at radius 2 is 2.23 bits per heavy atom. The van der Waals surface area contributed by atoms with Crippen molar-refractivity contribution in [2.75, 3.05) is 13.2 Å². The molecule has 0 unspecified atom stereocenters. The predicted molar refractivity (Wildman–Crippen MR) is 47.4 cm³/mol. The molecular formula is C9H14N2O2. The van der Waals surface area contributed by atoms with Crippen molar-refractivity contribution in [1.82, 2.24) is 10.5 Å². The van der Waals surface area contributed by atoms with Gasteiger partial charge in [0.05, 0.1) is 24.9 Å². The molecule has 13 heavy (non-hydrogen) atoms. The molecule has 0 spiro atoms. The lowest BCUT2D eigenvalue weighted by Gasteiger charge is -2.26. The van der Waals surface area contributed by atoms with Crippen LogP contribution in [0, 0.1) is 13.8 Å². The summed E-state index contributed by atoms with van der Waals surface area (Å²) in [5.74, 6) is 0.908. The molecule has 1 aliphatic heterocycles. The van der Waals surface area contributed by atoms with Gasteiger partial charge in [0.25, 0.3) is 0 Å². The van der Waals surface area contributed by atoms with Crippen LogP contribution >= 0.6 is 0 Å². The molecule has 0 aliphatic carbocycles. The van der Waals surface area contributed by atoms with Gasteiger partial charge in [-0.2, -0.15) is 0 Å². The van der Waals surface area contributed by atoms with Gasteiger partial charge in [-0.3, -0.25) is 0 Å². The summed E-state index contributed by atoms with van der Waals surface area (Å²) in [6, 6.07) is 0.508. The summed E-state index contributed by atoms with van der Waals surface area (Å²) >= 11 is 0. The van der Waals surface area contributed by atoms with E-state index < -0.39 is 0 Å². The molecular weight excluding hydrogens is 168 g/mol. The Balaban J connectivity index is 1.92. The summed E-state index contributed by atoms with van der Waals surface area (Å²) in [6.07, 6.45) is 0. The van der Waals surface area contributed by atoms with Crippen molar-refractivity contribution in [2.24, 2.45) is 0 Å². The second-order valence-corrected chi connectivity index (χ2v) is 3.42. The number of ether oxygens (including phenoxy) is 1. The van der Waals surface area contributed by atoms with Crippen molar-refractivity contribution in [2.45, 2.75) is 26.4 Å². The van der Waals surface area contributed by atoms with E-state index in [2.05, 4.69) is 10.5 Å². The second kappa shape index (κ2) is 3.47. The highest BCUT2D eigenvalue weighted by Crippen LogP contribution is 2.12. The van der Waals surface area contributed by atoms with Gasteiger partial charge in [-0.1, -0.05) is 5.16 Å². The highest BCUT2D eigenvalue weighted by atomic mass is 16.5. The molecule has 0 radical (unpaired) electrons. The van der Waals surface area contributed by atoms with Crippen LogP contribution in [0.5, 0.6) is 0 Å². The zero-order valence-electron chi connectivity index (χ0n) is 7.96. The van der Waals surface area contributed by atoms with Gasteiger partial charge in [0.2, 0.25) is 0 Å². The number of aromatic nitrogens is 1. The maximum absolute atomic E-state index is 5.06. The topological polar surface area (TPSA) is 47.3 Å². The highest BCUT2D eigenvalue weighted by molar-refractivity contribution is 5.20. The van der Waals surface area contributed by atoms with Crippen LogP contribution < -0.4 is 5.32 Å². The molecule has 1 saturated heterocycles. The zero-order chi connectivity index (χ0) is 9.26. The summed E-state index contributed by atoms with van der Waals surface area (Å²) in [5, 5.41) is 7.27. The van der Waals surface area contributed by atoms with Gasteiger partial charge in [-0.25, -0.2) is 0 Å². The molecule has 1 aromatic heterocycles. The van der Waals surface area contributed by atoms with E-state index in [9.17, 15) is 0 Å². The second-order valence-electron chi connectivity index (χ2n) is 3.42. The first kappa shape index (κ1) is 8.72. The van der Waals surface area contributed by atoms with Crippen LogP contribution in [0.15, 0.2) is 4.52 Å². The van der Waals surface area contributed by atoms with Gasteiger partial charge in [0, 0.05) is 12.1 Å². The quantitative estimate of drug-likeness (QED) is 0.750. The molecule has 4 nitrogen and oxygen atoms in total. The number of rotatable bonds is 3. The van der Waals surface area contributed by atoms with Crippen LogP contribution in [-0.2, 0) is 11.3 Å². The Bertz CT molecular complexity index is 272. The number of hydrogen-bond acceptors (Lipinski definition) is 4. The first-order valence-corrected chi connectivity index (χ1v) is 4.50. The van der Waals surface area contributed by atoms with Gasteiger partial charge in [0.1, 0.15) is 5.76 Å². The summed E-state index contributed by atoms with van der Waals surface area (Å²) in [4.78, 5) is 0. The van der Waals surface area contributed by atoms with Crippen molar-refractivity contribution in [3.05, 3.63) is 17.0 Å². The summed E-state index contributed by atoms with van der Waals surface area (Å²) in [6.45, 7) is 6.38. The fourth-order valence-electron chi connectivity index (χ4n) is 1.35. The Kier molecular flexibility index (Phi) is 2.33. The van der Waals surface area contributed by atoms with Crippen molar-refractivity contribution in [3.8, 4) is 0 Å². The number of nitrogens with zero attached hydrogens (tertiary/aromatic N) is 1. The maximum Gasteiger partial charge on any atom is 0.138 e. The predicted octanol–water partition coefficient (Wildman–Crippen LogP) is 0.780. The van der Waals surface area contributed by atoms with E-state index in [0.29, 0.717) is 6.04 Å². The molecule has 0 atom stereocenters. The smallest absolute Gasteiger partial charge is 0.138 e. The van der Waals surface area contributed by atoms with Gasteiger partial charge in [-0.05, 0) is 13.8 Å². The largest absolute Gasteiger partial charge is 0.378 e. The fraction of sp³-hybridized carbons (Fsp3) is 0.667. The molecule has 0 amide bonds. The third-order valence-corrected chi connectivity index (χ3v) is 2.39. The lowest BCUT2D eigenvalue weighted by atomic mass is 10.2. The van der Waals surface area contributed by atoms with E-state index in [0.717, 1.165) is 31.2 Å². The average Bonchev–Trinajstić information content (AvgIpc) is 2.32. The molecule has 1 fully saturated rings. The Labute approximate surface area is 77.2 Å². The lowest BCUT2D eigenvalue weighted by Crippen LogP contribution is -2.45. The van der Waals surface area contributed by atoms with Crippen LogP contribution in [-0.4, -0.2) is 24.4 Å². The fourth-order valence-corrected chi connectivity index (χ4v) is 1.35. The summed E-state index contributed by atoms with van der Waals surface area (Å²) in [5.41, 5.74) is 2.15. The molecule has 1 N–H and O–H groups in total. The van der Waals surface area contributed by atoms with E-state index in [1.807, 2.05) is 13.8 Å². The van der Waals surface area contributed by atoms with E-state index in [1.165, 1.54) is 5.56 Å². The summed E-state index contributed by atoms with van der Waals surface area (Å²) in [7, 11) is 0. The molecule has 2 heterocycles. The molecule has 1 aliphatic rings. The van der Waals surface area contributed by atoms with Gasteiger partial charge in [0.15, 0.2) is 0 Å². The minimum absolute atomic E-state index is 0.508. The molecule has 4 heteroatoms. The monoisotopic (exact) mass is 182 g/mol. The molecule has 72 valence electrons. The van der Waals surface area contributed by atoms with Gasteiger partial charge >= 0.3 is 0 Å². The maximum atomic E-state index is 5.06. The molecule has 0 aromatic carbocycles. The third-order valence-electron chi connectivity index (χ3n) is 2.39. The van der Waals surface area contributed by atoms with Crippen LogP contribution in [0.3, 0.4) is 0 Å². The van der Waals surface area contributed by atoms with Gasteiger partial charge < -0.3 is 14.6 Å². The highest BCUT2D eigenvalue weighted by Gasteiger charge is 2.18. The molecule has 0 bridgehead atoms. The molecule has 1 aromatic rings. The van der Waals surface area contributed by atoms with E-state index in [4.69, 9.17) is 9.26 Å². The van der Waals surface area contributed by atoms with Crippen LogP contribution in [0.2, 0.25) is 0 Å². The van der Waals surface area contributed by atoms with Crippen LogP contribution in [0.4, 0.5) is 0 Å². The minimum atomic E-state index is 0.508. The van der Waals surface area contributed by atoms with Crippen LogP contribution in [0.1, 0.15) is 17.0 Å². The number of aryl methyl sites for hydroxylation is 2. The molecule has 0 saturated carbocycles. The Morgan fingerprint density at radius 1 is 1.46 bits per heavy atom. The Hall–Kier alpha value is -0.870. The van der Waals surface area contributed by atoms with Gasteiger partial charge in [-0.15, -0.1) is 0 Å². The number of nitrogens with one attached hydrogen (secondary N) is 1. The van der Waals surface area contributed by atoms with E-state index in [-0.39, 0.29) is 0 Å². The first-order chi connectivity index (χ1) is 6.27. The van der Waals surface area contributed by atoms with Crippen LogP contribution in [0.25, 0.3) is 0 Å². The van der Waals surface area contributed by atoms with Crippen molar-refractivity contribution in [3.63, 3.8) is 0 Å². The van der Waals surface area contributed by atoms with Crippen molar-refractivity contribution >= 4 is 0 Å². The SMILES string of the molecule is Cc1noc(C)c1CNC1COC1. The van der Waals surface area contributed by atoms with E-state index >= 15 is 0 Å². The van der Waals surface area contributed by atoms with E-state index in [1.54, 1.807) is 0 Å². The minimum Gasteiger partial charge on any atom is -0.378 e. The lowest BCUT2D eigenvalue weighted by molar-refractivity contribution is -0.00584. The van der Waals surface area contributed by atoms with Crippen molar-refractivity contribution < 1.29 is 9.26 Å². The first-order valence-electron chi connectivity index (χ1n) is 4.50. The molecule has 2 rings (SSSR count). The third kappa shape index (κ3) is 1.73.